The second kappa shape index (κ2) is 9.77. The lowest BCUT2D eigenvalue weighted by Crippen LogP contribution is -2.49. The molecule has 1 unspecified atom stereocenters. The fraction of sp³-hybridized carbons (Fsp3) is 0.333. The Balaban J connectivity index is 1.12. The van der Waals surface area contributed by atoms with E-state index in [2.05, 4.69) is 20.4 Å². The molecule has 176 valence electrons. The number of halogens is 1. The molecule has 2 aliphatic rings. The molecule has 10 heteroatoms. The highest BCUT2D eigenvalue weighted by Gasteiger charge is 2.32. The Morgan fingerprint density at radius 1 is 1.18 bits per heavy atom. The first kappa shape index (κ1) is 22.9. The number of amides is 2. The minimum atomic E-state index is -0.446. The average molecular weight is 498 g/mol. The monoisotopic (exact) mass is 497 g/mol. The largest absolute Gasteiger partial charge is 0.340 e. The lowest BCUT2D eigenvalue weighted by atomic mass is 10.1. The van der Waals surface area contributed by atoms with Gasteiger partial charge in [0.15, 0.2) is 0 Å². The molecule has 0 saturated carbocycles. The highest BCUT2D eigenvalue weighted by molar-refractivity contribution is 8.01. The SMILES string of the molecule is Cc1ccc(-c2noc(CN3CCN(C(=O)CC4Sc5ccc(Cl)cc5NC4=O)CC3)n2)cc1. The number of piperazine rings is 1. The molecule has 1 fully saturated rings. The van der Waals surface area contributed by atoms with E-state index in [1.165, 1.54) is 17.3 Å². The molecule has 8 nitrogen and oxygen atoms in total. The van der Waals surface area contributed by atoms with Crippen LogP contribution in [0.4, 0.5) is 5.69 Å². The van der Waals surface area contributed by atoms with Gasteiger partial charge in [0.25, 0.3) is 0 Å². The van der Waals surface area contributed by atoms with Crippen LogP contribution in [0.3, 0.4) is 0 Å². The van der Waals surface area contributed by atoms with E-state index in [0.717, 1.165) is 10.5 Å². The zero-order valence-corrected chi connectivity index (χ0v) is 20.2. The Kier molecular flexibility index (Phi) is 6.58. The van der Waals surface area contributed by atoms with Crippen LogP contribution in [-0.4, -0.2) is 63.2 Å². The zero-order chi connectivity index (χ0) is 23.7. The van der Waals surface area contributed by atoms with Crippen LogP contribution in [0.15, 0.2) is 51.9 Å². The van der Waals surface area contributed by atoms with Crippen molar-refractivity contribution < 1.29 is 14.1 Å². The highest BCUT2D eigenvalue weighted by Crippen LogP contribution is 2.38. The summed E-state index contributed by atoms with van der Waals surface area (Å²) in [5.74, 6) is 0.969. The van der Waals surface area contributed by atoms with Gasteiger partial charge in [-0.15, -0.1) is 11.8 Å². The molecular formula is C24H24ClN5O3S. The van der Waals surface area contributed by atoms with Crippen LogP contribution in [-0.2, 0) is 16.1 Å². The normalized spacial score (nSPS) is 18.5. The van der Waals surface area contributed by atoms with E-state index in [-0.39, 0.29) is 18.2 Å². The molecule has 2 aliphatic heterocycles. The lowest BCUT2D eigenvalue weighted by Gasteiger charge is -2.35. The first-order chi connectivity index (χ1) is 16.4. The molecule has 5 rings (SSSR count). The molecular weight excluding hydrogens is 474 g/mol. The van der Waals surface area contributed by atoms with Gasteiger partial charge in [-0.25, -0.2) is 0 Å². The lowest BCUT2D eigenvalue weighted by molar-refractivity contribution is -0.134. The third kappa shape index (κ3) is 5.11. The minimum absolute atomic E-state index is 0.0100. The summed E-state index contributed by atoms with van der Waals surface area (Å²) in [5, 5.41) is 7.08. The molecule has 34 heavy (non-hydrogen) atoms. The second-order valence-corrected chi connectivity index (χ2v) is 10.2. The number of thioether (sulfide) groups is 1. The number of hydrogen-bond donors (Lipinski definition) is 1. The fourth-order valence-corrected chi connectivity index (χ4v) is 5.28. The number of anilines is 1. The van der Waals surface area contributed by atoms with Crippen LogP contribution in [0.1, 0.15) is 17.9 Å². The van der Waals surface area contributed by atoms with Crippen LogP contribution in [0, 0.1) is 6.92 Å². The molecule has 3 heterocycles. The van der Waals surface area contributed by atoms with E-state index in [1.807, 2.05) is 42.2 Å². The molecule has 2 amide bonds. The highest BCUT2D eigenvalue weighted by atomic mass is 35.5. The number of benzene rings is 2. The Bertz CT molecular complexity index is 1210. The number of hydrogen-bond acceptors (Lipinski definition) is 7. The van der Waals surface area contributed by atoms with Gasteiger partial charge in [0, 0.05) is 48.1 Å². The fourth-order valence-electron chi connectivity index (χ4n) is 4.03. The number of carbonyl (C=O) groups excluding carboxylic acids is 2. The maximum atomic E-state index is 12.9. The molecule has 1 saturated heterocycles. The summed E-state index contributed by atoms with van der Waals surface area (Å²) in [6.07, 6.45) is 0.169. The van der Waals surface area contributed by atoms with Gasteiger partial charge in [-0.3, -0.25) is 14.5 Å². The van der Waals surface area contributed by atoms with Crippen molar-refractivity contribution in [2.24, 2.45) is 0 Å². The van der Waals surface area contributed by atoms with Crippen molar-refractivity contribution in [1.29, 1.82) is 0 Å². The van der Waals surface area contributed by atoms with Crippen LogP contribution >= 0.6 is 23.4 Å². The molecule has 1 N–H and O–H groups in total. The van der Waals surface area contributed by atoms with E-state index in [1.54, 1.807) is 12.1 Å². The van der Waals surface area contributed by atoms with Crippen LogP contribution in [0.5, 0.6) is 0 Å². The number of aromatic nitrogens is 2. The Labute approximate surface area is 206 Å². The topological polar surface area (TPSA) is 91.6 Å². The molecule has 0 aliphatic carbocycles. The van der Waals surface area contributed by atoms with Gasteiger partial charge in [-0.2, -0.15) is 4.98 Å². The predicted molar refractivity (Wildman–Crippen MR) is 131 cm³/mol. The number of carbonyl (C=O) groups is 2. The standard InChI is InChI=1S/C24H24ClN5O3S/c1-15-2-4-16(5-3-15)23-27-21(33-28-23)14-29-8-10-30(11-9-29)22(31)13-20-24(32)26-18-12-17(25)6-7-19(18)34-20/h2-7,12,20H,8-11,13-14H2,1H3,(H,26,32). The summed E-state index contributed by atoms with van der Waals surface area (Å²) in [6.45, 7) is 5.19. The van der Waals surface area contributed by atoms with E-state index >= 15 is 0 Å². The summed E-state index contributed by atoms with van der Waals surface area (Å²) >= 11 is 7.42. The van der Waals surface area contributed by atoms with Gasteiger partial charge < -0.3 is 14.7 Å². The van der Waals surface area contributed by atoms with Crippen molar-refractivity contribution in [2.45, 2.75) is 30.0 Å². The third-order valence-corrected chi connectivity index (χ3v) is 7.49. The first-order valence-electron chi connectivity index (χ1n) is 11.1. The summed E-state index contributed by atoms with van der Waals surface area (Å²) in [7, 11) is 0. The Morgan fingerprint density at radius 2 is 1.94 bits per heavy atom. The van der Waals surface area contributed by atoms with Crippen molar-refractivity contribution >= 4 is 40.9 Å². The number of nitrogens with zero attached hydrogens (tertiary/aromatic N) is 4. The van der Waals surface area contributed by atoms with E-state index in [0.29, 0.717) is 55.1 Å². The van der Waals surface area contributed by atoms with E-state index in [9.17, 15) is 9.59 Å². The zero-order valence-electron chi connectivity index (χ0n) is 18.7. The molecule has 0 spiro atoms. The molecule has 1 aromatic heterocycles. The van der Waals surface area contributed by atoms with Crippen molar-refractivity contribution in [1.82, 2.24) is 19.9 Å². The summed E-state index contributed by atoms with van der Waals surface area (Å²) in [6, 6.07) is 13.4. The Morgan fingerprint density at radius 3 is 2.71 bits per heavy atom. The van der Waals surface area contributed by atoms with Gasteiger partial charge in [0.05, 0.1) is 17.5 Å². The molecule has 2 aromatic carbocycles. The van der Waals surface area contributed by atoms with Gasteiger partial charge in [-0.1, -0.05) is 46.6 Å². The van der Waals surface area contributed by atoms with E-state index < -0.39 is 5.25 Å². The van der Waals surface area contributed by atoms with Gasteiger partial charge in [-0.05, 0) is 25.1 Å². The van der Waals surface area contributed by atoms with Crippen LogP contribution in [0.2, 0.25) is 5.02 Å². The van der Waals surface area contributed by atoms with Crippen molar-refractivity contribution in [3.8, 4) is 11.4 Å². The maximum Gasteiger partial charge on any atom is 0.241 e. The van der Waals surface area contributed by atoms with Crippen LogP contribution < -0.4 is 5.32 Å². The number of nitrogens with one attached hydrogen (secondary N) is 1. The molecule has 1 atom stereocenters. The molecule has 0 bridgehead atoms. The summed E-state index contributed by atoms with van der Waals surface area (Å²) < 4.78 is 5.44. The van der Waals surface area contributed by atoms with Crippen molar-refractivity contribution in [3.05, 3.63) is 58.9 Å². The van der Waals surface area contributed by atoms with E-state index in [4.69, 9.17) is 16.1 Å². The van der Waals surface area contributed by atoms with Gasteiger partial charge in [0.1, 0.15) is 0 Å². The van der Waals surface area contributed by atoms with Gasteiger partial charge in [0.2, 0.25) is 23.5 Å². The number of rotatable bonds is 5. The average Bonchev–Trinajstić information content (AvgIpc) is 3.29. The maximum absolute atomic E-state index is 12.9. The van der Waals surface area contributed by atoms with Crippen molar-refractivity contribution in [2.75, 3.05) is 31.5 Å². The summed E-state index contributed by atoms with van der Waals surface area (Å²) in [4.78, 5) is 34.8. The quantitative estimate of drug-likeness (QED) is 0.572. The second-order valence-electron chi connectivity index (χ2n) is 8.48. The smallest absolute Gasteiger partial charge is 0.241 e. The molecule has 3 aromatic rings. The third-order valence-electron chi connectivity index (χ3n) is 5.98. The number of aryl methyl sites for hydroxylation is 1. The minimum Gasteiger partial charge on any atom is -0.340 e. The predicted octanol–water partition coefficient (Wildman–Crippen LogP) is 3.85. The molecule has 0 radical (unpaired) electrons. The first-order valence-corrected chi connectivity index (χ1v) is 12.4. The number of fused-ring (bicyclic) bond motifs is 1. The Hall–Kier alpha value is -2.88. The van der Waals surface area contributed by atoms with Crippen molar-refractivity contribution in [3.63, 3.8) is 0 Å². The van der Waals surface area contributed by atoms with Gasteiger partial charge >= 0.3 is 0 Å². The summed E-state index contributed by atoms with van der Waals surface area (Å²) in [5.41, 5.74) is 2.80. The van der Waals surface area contributed by atoms with Crippen LogP contribution in [0.25, 0.3) is 11.4 Å².